The SMILES string of the molecule is Cc1cc(-c2ccc3c(ccn3C(C)C)c2)c(C#N)c(=O)[nH]1. The molecule has 110 valence electrons. The molecule has 0 spiro atoms. The summed E-state index contributed by atoms with van der Waals surface area (Å²) in [5, 5.41) is 10.4. The predicted octanol–water partition coefficient (Wildman–Crippen LogP) is 3.76. The Bertz CT molecular complexity index is 955. The summed E-state index contributed by atoms with van der Waals surface area (Å²) in [6, 6.07) is 12.4. The molecule has 1 N–H and O–H groups in total. The van der Waals surface area contributed by atoms with Gasteiger partial charge >= 0.3 is 0 Å². The van der Waals surface area contributed by atoms with E-state index in [1.165, 1.54) is 0 Å². The van der Waals surface area contributed by atoms with Crippen LogP contribution in [-0.4, -0.2) is 9.55 Å². The van der Waals surface area contributed by atoms with Gasteiger partial charge in [-0.1, -0.05) is 6.07 Å². The summed E-state index contributed by atoms with van der Waals surface area (Å²) in [6.45, 7) is 6.10. The van der Waals surface area contributed by atoms with Gasteiger partial charge in [0.2, 0.25) is 0 Å². The van der Waals surface area contributed by atoms with Gasteiger partial charge in [0, 0.05) is 34.4 Å². The third-order valence-corrected chi connectivity index (χ3v) is 3.87. The van der Waals surface area contributed by atoms with E-state index in [0.717, 1.165) is 22.2 Å². The second kappa shape index (κ2) is 5.19. The van der Waals surface area contributed by atoms with Crippen molar-refractivity contribution in [3.8, 4) is 17.2 Å². The molecule has 0 bridgehead atoms. The first-order chi connectivity index (χ1) is 10.5. The largest absolute Gasteiger partial charge is 0.345 e. The fourth-order valence-electron chi connectivity index (χ4n) is 2.81. The van der Waals surface area contributed by atoms with Gasteiger partial charge in [-0.3, -0.25) is 4.79 Å². The molecule has 0 aliphatic carbocycles. The molecule has 22 heavy (non-hydrogen) atoms. The highest BCUT2D eigenvalue weighted by Gasteiger charge is 2.12. The summed E-state index contributed by atoms with van der Waals surface area (Å²) in [5.41, 5.74) is 3.30. The first-order valence-electron chi connectivity index (χ1n) is 7.26. The van der Waals surface area contributed by atoms with Gasteiger partial charge < -0.3 is 9.55 Å². The van der Waals surface area contributed by atoms with E-state index in [1.807, 2.05) is 37.3 Å². The average Bonchev–Trinajstić information content (AvgIpc) is 2.89. The van der Waals surface area contributed by atoms with Gasteiger partial charge in [0.15, 0.2) is 0 Å². The Labute approximate surface area is 128 Å². The Hall–Kier alpha value is -2.80. The second-order valence-electron chi connectivity index (χ2n) is 5.77. The standard InChI is InChI=1S/C18H17N3O/c1-11(2)21-7-6-14-9-13(4-5-17(14)21)15-8-12(3)20-18(22)16(15)10-19/h4-9,11H,1-3H3,(H,20,22). The van der Waals surface area contributed by atoms with Crippen LogP contribution in [0, 0.1) is 18.3 Å². The molecule has 0 unspecified atom stereocenters. The van der Waals surface area contributed by atoms with Crippen LogP contribution >= 0.6 is 0 Å². The molecule has 2 aromatic heterocycles. The van der Waals surface area contributed by atoms with Crippen LogP contribution in [0.25, 0.3) is 22.0 Å². The summed E-state index contributed by atoms with van der Waals surface area (Å²) in [7, 11) is 0. The Morgan fingerprint density at radius 3 is 2.68 bits per heavy atom. The first-order valence-corrected chi connectivity index (χ1v) is 7.26. The highest BCUT2D eigenvalue weighted by Crippen LogP contribution is 2.28. The Morgan fingerprint density at radius 2 is 2.00 bits per heavy atom. The van der Waals surface area contributed by atoms with E-state index < -0.39 is 0 Å². The van der Waals surface area contributed by atoms with Crippen molar-refractivity contribution in [3.05, 3.63) is 58.1 Å². The number of hydrogen-bond donors (Lipinski definition) is 1. The molecular formula is C18H17N3O. The molecule has 4 heteroatoms. The zero-order chi connectivity index (χ0) is 15.9. The van der Waals surface area contributed by atoms with Gasteiger partial charge in [0.1, 0.15) is 11.6 Å². The molecule has 3 aromatic rings. The second-order valence-corrected chi connectivity index (χ2v) is 5.77. The molecule has 0 saturated heterocycles. The molecule has 4 nitrogen and oxygen atoms in total. The smallest absolute Gasteiger partial charge is 0.266 e. The van der Waals surface area contributed by atoms with Crippen molar-refractivity contribution in [1.82, 2.24) is 9.55 Å². The van der Waals surface area contributed by atoms with Crippen LogP contribution in [0.5, 0.6) is 0 Å². The lowest BCUT2D eigenvalue weighted by molar-refractivity contribution is 0.623. The third kappa shape index (κ3) is 2.21. The molecule has 0 aliphatic heterocycles. The van der Waals surface area contributed by atoms with Crippen molar-refractivity contribution in [1.29, 1.82) is 5.26 Å². The minimum Gasteiger partial charge on any atom is -0.345 e. The lowest BCUT2D eigenvalue weighted by atomic mass is 10.00. The zero-order valence-electron chi connectivity index (χ0n) is 12.8. The van der Waals surface area contributed by atoms with Crippen LogP contribution in [0.1, 0.15) is 31.1 Å². The zero-order valence-corrected chi connectivity index (χ0v) is 12.8. The number of H-pyrrole nitrogens is 1. The number of nitrogens with zero attached hydrogens (tertiary/aromatic N) is 2. The maximum atomic E-state index is 11.9. The van der Waals surface area contributed by atoms with Crippen molar-refractivity contribution < 1.29 is 0 Å². The minimum absolute atomic E-state index is 0.160. The van der Waals surface area contributed by atoms with Crippen molar-refractivity contribution in [2.45, 2.75) is 26.8 Å². The molecule has 0 radical (unpaired) electrons. The van der Waals surface area contributed by atoms with E-state index in [4.69, 9.17) is 0 Å². The van der Waals surface area contributed by atoms with Gasteiger partial charge in [-0.25, -0.2) is 0 Å². The maximum absolute atomic E-state index is 11.9. The highest BCUT2D eigenvalue weighted by molar-refractivity contribution is 5.86. The lowest BCUT2D eigenvalue weighted by Gasteiger charge is -2.10. The quantitative estimate of drug-likeness (QED) is 0.781. The topological polar surface area (TPSA) is 61.6 Å². The van der Waals surface area contributed by atoms with Crippen molar-refractivity contribution in [2.24, 2.45) is 0 Å². The van der Waals surface area contributed by atoms with Crippen LogP contribution in [0.2, 0.25) is 0 Å². The number of rotatable bonds is 2. The van der Waals surface area contributed by atoms with E-state index >= 15 is 0 Å². The predicted molar refractivity (Wildman–Crippen MR) is 87.8 cm³/mol. The molecule has 0 atom stereocenters. The summed E-state index contributed by atoms with van der Waals surface area (Å²) < 4.78 is 2.20. The van der Waals surface area contributed by atoms with E-state index in [2.05, 4.69) is 35.7 Å². The number of pyridine rings is 1. The Morgan fingerprint density at radius 1 is 1.23 bits per heavy atom. The van der Waals surface area contributed by atoms with Crippen molar-refractivity contribution >= 4 is 10.9 Å². The molecule has 0 fully saturated rings. The van der Waals surface area contributed by atoms with Crippen LogP contribution in [0.15, 0.2) is 41.3 Å². The first kappa shape index (κ1) is 14.2. The molecular weight excluding hydrogens is 274 g/mol. The molecule has 3 rings (SSSR count). The fraction of sp³-hybridized carbons (Fsp3) is 0.222. The van der Waals surface area contributed by atoms with Crippen LogP contribution in [0.4, 0.5) is 0 Å². The lowest BCUT2D eigenvalue weighted by Crippen LogP contribution is -2.12. The summed E-state index contributed by atoms with van der Waals surface area (Å²) in [5.74, 6) is 0. The van der Waals surface area contributed by atoms with E-state index in [-0.39, 0.29) is 11.1 Å². The van der Waals surface area contributed by atoms with Gasteiger partial charge in [0.05, 0.1) is 0 Å². The number of aromatic nitrogens is 2. The summed E-state index contributed by atoms with van der Waals surface area (Å²) in [4.78, 5) is 14.6. The van der Waals surface area contributed by atoms with Crippen LogP contribution < -0.4 is 5.56 Å². The Kier molecular flexibility index (Phi) is 3.34. The monoisotopic (exact) mass is 291 g/mol. The highest BCUT2D eigenvalue weighted by atomic mass is 16.1. The van der Waals surface area contributed by atoms with Crippen LogP contribution in [-0.2, 0) is 0 Å². The van der Waals surface area contributed by atoms with Crippen LogP contribution in [0.3, 0.4) is 0 Å². The molecule has 0 saturated carbocycles. The number of benzene rings is 1. The number of fused-ring (bicyclic) bond motifs is 1. The molecule has 0 aliphatic rings. The summed E-state index contributed by atoms with van der Waals surface area (Å²) in [6.07, 6.45) is 2.06. The van der Waals surface area contributed by atoms with Crippen molar-refractivity contribution in [2.75, 3.05) is 0 Å². The summed E-state index contributed by atoms with van der Waals surface area (Å²) >= 11 is 0. The van der Waals surface area contributed by atoms with E-state index in [0.29, 0.717) is 11.6 Å². The number of aromatic amines is 1. The van der Waals surface area contributed by atoms with Gasteiger partial charge in [-0.2, -0.15) is 5.26 Å². The maximum Gasteiger partial charge on any atom is 0.266 e. The Balaban J connectivity index is 2.24. The molecule has 1 aromatic carbocycles. The molecule has 0 amide bonds. The number of nitriles is 1. The average molecular weight is 291 g/mol. The van der Waals surface area contributed by atoms with Crippen molar-refractivity contribution in [3.63, 3.8) is 0 Å². The van der Waals surface area contributed by atoms with Gasteiger partial charge in [-0.15, -0.1) is 0 Å². The number of hydrogen-bond acceptors (Lipinski definition) is 2. The van der Waals surface area contributed by atoms with Gasteiger partial charge in [0.25, 0.3) is 5.56 Å². The minimum atomic E-state index is -0.336. The van der Waals surface area contributed by atoms with Gasteiger partial charge in [-0.05, 0) is 50.6 Å². The number of nitrogens with one attached hydrogen (secondary N) is 1. The normalized spacial score (nSPS) is 11.0. The third-order valence-electron chi connectivity index (χ3n) is 3.87. The fourth-order valence-corrected chi connectivity index (χ4v) is 2.81. The van der Waals surface area contributed by atoms with E-state index in [1.54, 1.807) is 0 Å². The number of aryl methyl sites for hydroxylation is 1. The molecule has 2 heterocycles. The van der Waals surface area contributed by atoms with E-state index in [9.17, 15) is 10.1 Å².